The van der Waals surface area contributed by atoms with Crippen LogP contribution in [0.25, 0.3) is 0 Å². The lowest BCUT2D eigenvalue weighted by molar-refractivity contribution is 0.357. The van der Waals surface area contributed by atoms with Crippen LogP contribution >= 0.6 is 0 Å². The van der Waals surface area contributed by atoms with Crippen molar-refractivity contribution in [2.75, 3.05) is 20.2 Å². The van der Waals surface area contributed by atoms with E-state index in [1.54, 1.807) is 20.1 Å². The van der Waals surface area contributed by atoms with Gasteiger partial charge in [0.1, 0.15) is 11.6 Å². The van der Waals surface area contributed by atoms with Gasteiger partial charge in [0.05, 0.1) is 7.11 Å². The molecule has 3 heteroatoms. The first kappa shape index (κ1) is 12.4. The number of nitrogens with one attached hydrogen (secondary N) is 1. The number of halogens is 1. The third-order valence-corrected chi connectivity index (χ3v) is 3.50. The molecule has 2 nitrogen and oxygen atoms in total. The number of hydrogen-bond donors (Lipinski definition) is 1. The summed E-state index contributed by atoms with van der Waals surface area (Å²) >= 11 is 0. The van der Waals surface area contributed by atoms with Crippen LogP contribution in [0.1, 0.15) is 24.0 Å². The first-order chi connectivity index (χ1) is 8.22. The zero-order valence-corrected chi connectivity index (χ0v) is 10.6. The molecular formula is C14H20FNO. The molecule has 1 aliphatic rings. The summed E-state index contributed by atoms with van der Waals surface area (Å²) in [6.45, 7) is 3.87. The Bertz CT molecular complexity index is 386. The largest absolute Gasteiger partial charge is 0.496 e. The van der Waals surface area contributed by atoms with Gasteiger partial charge in [0.15, 0.2) is 0 Å². The highest BCUT2D eigenvalue weighted by molar-refractivity contribution is 5.38. The van der Waals surface area contributed by atoms with Crippen molar-refractivity contribution in [3.05, 3.63) is 29.1 Å². The van der Waals surface area contributed by atoms with Crippen LogP contribution in [-0.4, -0.2) is 20.2 Å². The third-order valence-electron chi connectivity index (χ3n) is 3.50. The molecule has 1 heterocycles. The van der Waals surface area contributed by atoms with E-state index in [-0.39, 0.29) is 5.82 Å². The van der Waals surface area contributed by atoms with E-state index >= 15 is 0 Å². The number of methoxy groups -OCH3 is 1. The predicted molar refractivity (Wildman–Crippen MR) is 67.0 cm³/mol. The number of rotatable bonds is 3. The van der Waals surface area contributed by atoms with Crippen molar-refractivity contribution in [3.63, 3.8) is 0 Å². The lowest BCUT2D eigenvalue weighted by Crippen LogP contribution is -2.31. The maximum atomic E-state index is 14.1. The molecule has 1 saturated heterocycles. The van der Waals surface area contributed by atoms with Crippen molar-refractivity contribution in [1.82, 2.24) is 5.32 Å². The molecule has 1 aliphatic heterocycles. The summed E-state index contributed by atoms with van der Waals surface area (Å²) in [5.74, 6) is 1.10. The number of hydrogen-bond acceptors (Lipinski definition) is 2. The highest BCUT2D eigenvalue weighted by Crippen LogP contribution is 2.28. The van der Waals surface area contributed by atoms with Gasteiger partial charge in [0, 0.05) is 5.56 Å². The van der Waals surface area contributed by atoms with Crippen molar-refractivity contribution in [2.24, 2.45) is 5.92 Å². The second-order valence-electron chi connectivity index (χ2n) is 4.79. The van der Waals surface area contributed by atoms with Gasteiger partial charge < -0.3 is 10.1 Å². The Morgan fingerprint density at radius 1 is 1.47 bits per heavy atom. The predicted octanol–water partition coefficient (Wildman–Crippen LogP) is 2.68. The SMILES string of the molecule is COc1ccc(C)c(F)c1CC1CCCNC1. The summed E-state index contributed by atoms with van der Waals surface area (Å²) < 4.78 is 19.4. The van der Waals surface area contributed by atoms with Crippen LogP contribution in [-0.2, 0) is 6.42 Å². The standard InChI is InChI=1S/C14H20FNO/c1-10-5-6-13(17-2)12(14(10)15)8-11-4-3-7-16-9-11/h5-6,11,16H,3-4,7-9H2,1-2H3. The fourth-order valence-electron chi connectivity index (χ4n) is 2.49. The van der Waals surface area contributed by atoms with E-state index in [2.05, 4.69) is 5.32 Å². The number of piperidine rings is 1. The Morgan fingerprint density at radius 2 is 2.29 bits per heavy atom. The van der Waals surface area contributed by atoms with Gasteiger partial charge >= 0.3 is 0 Å². The van der Waals surface area contributed by atoms with Gasteiger partial charge in [-0.15, -0.1) is 0 Å². The quantitative estimate of drug-likeness (QED) is 0.872. The average Bonchev–Trinajstić information content (AvgIpc) is 2.37. The van der Waals surface area contributed by atoms with E-state index in [9.17, 15) is 4.39 Å². The molecule has 1 N–H and O–H groups in total. The Labute approximate surface area is 102 Å². The molecule has 0 saturated carbocycles. The summed E-state index contributed by atoms with van der Waals surface area (Å²) in [6, 6.07) is 3.64. The Balaban J connectivity index is 2.20. The molecular weight excluding hydrogens is 217 g/mol. The van der Waals surface area contributed by atoms with Crippen molar-refractivity contribution in [3.8, 4) is 5.75 Å². The molecule has 0 radical (unpaired) electrons. The molecule has 2 rings (SSSR count). The Kier molecular flexibility index (Phi) is 4.00. The van der Waals surface area contributed by atoms with E-state index in [0.29, 0.717) is 17.2 Å². The summed E-state index contributed by atoms with van der Waals surface area (Å²) in [5, 5.41) is 3.36. The van der Waals surface area contributed by atoms with Gasteiger partial charge in [-0.3, -0.25) is 0 Å². The topological polar surface area (TPSA) is 21.3 Å². The second kappa shape index (κ2) is 5.50. The highest BCUT2D eigenvalue weighted by atomic mass is 19.1. The van der Waals surface area contributed by atoms with Crippen molar-refractivity contribution >= 4 is 0 Å². The van der Waals surface area contributed by atoms with Crippen molar-refractivity contribution in [2.45, 2.75) is 26.2 Å². The molecule has 0 bridgehead atoms. The van der Waals surface area contributed by atoms with Gasteiger partial charge in [-0.25, -0.2) is 4.39 Å². The van der Waals surface area contributed by atoms with Crippen LogP contribution in [0, 0.1) is 18.7 Å². The van der Waals surface area contributed by atoms with E-state index in [0.717, 1.165) is 25.1 Å². The van der Waals surface area contributed by atoms with Gasteiger partial charge in [0.2, 0.25) is 0 Å². The van der Waals surface area contributed by atoms with Gasteiger partial charge in [-0.05, 0) is 56.8 Å². The van der Waals surface area contributed by atoms with Crippen LogP contribution in [0.4, 0.5) is 4.39 Å². The number of ether oxygens (including phenoxy) is 1. The van der Waals surface area contributed by atoms with E-state index < -0.39 is 0 Å². The van der Waals surface area contributed by atoms with Gasteiger partial charge in [0.25, 0.3) is 0 Å². The average molecular weight is 237 g/mol. The summed E-state index contributed by atoms with van der Waals surface area (Å²) in [4.78, 5) is 0. The minimum absolute atomic E-state index is 0.102. The van der Waals surface area contributed by atoms with E-state index in [1.807, 2.05) is 6.07 Å². The normalized spacial score (nSPS) is 20.3. The molecule has 1 fully saturated rings. The summed E-state index contributed by atoms with van der Waals surface area (Å²) in [7, 11) is 1.60. The van der Waals surface area contributed by atoms with Crippen LogP contribution < -0.4 is 10.1 Å². The van der Waals surface area contributed by atoms with Gasteiger partial charge in [-0.1, -0.05) is 6.07 Å². The molecule has 0 aromatic heterocycles. The second-order valence-corrected chi connectivity index (χ2v) is 4.79. The Hall–Kier alpha value is -1.09. The van der Waals surface area contributed by atoms with Crippen molar-refractivity contribution < 1.29 is 9.13 Å². The smallest absolute Gasteiger partial charge is 0.133 e. The fourth-order valence-corrected chi connectivity index (χ4v) is 2.49. The molecule has 17 heavy (non-hydrogen) atoms. The first-order valence-electron chi connectivity index (χ1n) is 6.25. The lowest BCUT2D eigenvalue weighted by Gasteiger charge is -2.24. The first-order valence-corrected chi connectivity index (χ1v) is 6.25. The number of benzene rings is 1. The summed E-state index contributed by atoms with van der Waals surface area (Å²) in [5.41, 5.74) is 1.44. The molecule has 94 valence electrons. The molecule has 1 aromatic rings. The molecule has 0 amide bonds. The fraction of sp³-hybridized carbons (Fsp3) is 0.571. The summed E-state index contributed by atoms with van der Waals surface area (Å²) in [6.07, 6.45) is 3.12. The maximum absolute atomic E-state index is 14.1. The molecule has 0 aliphatic carbocycles. The lowest BCUT2D eigenvalue weighted by atomic mass is 9.91. The minimum Gasteiger partial charge on any atom is -0.496 e. The number of aryl methyl sites for hydroxylation is 1. The highest BCUT2D eigenvalue weighted by Gasteiger charge is 2.19. The Morgan fingerprint density at radius 3 is 2.94 bits per heavy atom. The van der Waals surface area contributed by atoms with Crippen LogP contribution in [0.15, 0.2) is 12.1 Å². The minimum atomic E-state index is -0.102. The zero-order chi connectivity index (χ0) is 12.3. The van der Waals surface area contributed by atoms with Crippen LogP contribution in [0.2, 0.25) is 0 Å². The van der Waals surface area contributed by atoms with Crippen LogP contribution in [0.3, 0.4) is 0 Å². The third kappa shape index (κ3) is 2.78. The molecule has 0 spiro atoms. The zero-order valence-electron chi connectivity index (χ0n) is 10.6. The van der Waals surface area contributed by atoms with E-state index in [4.69, 9.17) is 4.74 Å². The monoisotopic (exact) mass is 237 g/mol. The maximum Gasteiger partial charge on any atom is 0.133 e. The van der Waals surface area contributed by atoms with Gasteiger partial charge in [-0.2, -0.15) is 0 Å². The molecule has 1 unspecified atom stereocenters. The van der Waals surface area contributed by atoms with Crippen LogP contribution in [0.5, 0.6) is 5.75 Å². The van der Waals surface area contributed by atoms with E-state index in [1.165, 1.54) is 12.8 Å². The molecule has 1 aromatic carbocycles. The molecule has 1 atom stereocenters. The van der Waals surface area contributed by atoms with Crippen molar-refractivity contribution in [1.29, 1.82) is 0 Å².